The van der Waals surface area contributed by atoms with E-state index in [0.29, 0.717) is 11.4 Å². The lowest BCUT2D eigenvalue weighted by Crippen LogP contribution is -2.39. The first-order valence-corrected chi connectivity index (χ1v) is 11.0. The topological polar surface area (TPSA) is 84.5 Å². The van der Waals surface area contributed by atoms with E-state index >= 15 is 0 Å². The van der Waals surface area contributed by atoms with Crippen LogP contribution in [0.3, 0.4) is 0 Å². The largest absolute Gasteiger partial charge is 0.497 e. The van der Waals surface area contributed by atoms with E-state index in [4.69, 9.17) is 4.74 Å². The van der Waals surface area contributed by atoms with Crippen LogP contribution in [0.15, 0.2) is 64.2 Å². The number of nitrogens with one attached hydrogen (secondary N) is 2. The highest BCUT2D eigenvalue weighted by molar-refractivity contribution is 7.90. The first-order valence-electron chi connectivity index (χ1n) is 9.49. The molecule has 1 aromatic carbocycles. The summed E-state index contributed by atoms with van der Waals surface area (Å²) in [6, 6.07) is 5.20. The van der Waals surface area contributed by atoms with Gasteiger partial charge in [-0.3, -0.25) is 0 Å². The zero-order valence-electron chi connectivity index (χ0n) is 16.1. The number of amides is 2. The van der Waals surface area contributed by atoms with Crippen molar-refractivity contribution in [2.45, 2.75) is 49.8 Å². The maximum Gasteiger partial charge on any atom is 0.333 e. The van der Waals surface area contributed by atoms with Crippen LogP contribution in [-0.4, -0.2) is 21.6 Å². The Hall–Kier alpha value is -2.54. The summed E-state index contributed by atoms with van der Waals surface area (Å²) < 4.78 is 32.3. The van der Waals surface area contributed by atoms with Crippen LogP contribution in [0, 0.1) is 0 Å². The average Bonchev–Trinajstić information content (AvgIpc) is 3.14. The molecule has 6 nitrogen and oxygen atoms in total. The predicted molar refractivity (Wildman–Crippen MR) is 108 cm³/mol. The number of carbonyl (C=O) groups is 1. The zero-order chi connectivity index (χ0) is 20.1. The number of sulfonamides is 1. The van der Waals surface area contributed by atoms with Crippen molar-refractivity contribution >= 4 is 16.1 Å². The summed E-state index contributed by atoms with van der Waals surface area (Å²) in [7, 11) is -2.56. The van der Waals surface area contributed by atoms with Crippen molar-refractivity contribution in [2.75, 3.05) is 7.11 Å². The summed E-state index contributed by atoms with van der Waals surface area (Å²) in [5.74, 6) is 0.401. The molecular weight excluding hydrogens is 376 g/mol. The van der Waals surface area contributed by atoms with Crippen molar-refractivity contribution in [3.8, 4) is 5.75 Å². The van der Waals surface area contributed by atoms with E-state index in [1.165, 1.54) is 24.8 Å². The van der Waals surface area contributed by atoms with Gasteiger partial charge < -0.3 is 10.1 Å². The van der Waals surface area contributed by atoms with Gasteiger partial charge in [-0.1, -0.05) is 18.7 Å². The van der Waals surface area contributed by atoms with Crippen LogP contribution in [0.4, 0.5) is 4.79 Å². The second-order valence-electron chi connectivity index (χ2n) is 7.02. The van der Waals surface area contributed by atoms with Crippen molar-refractivity contribution < 1.29 is 17.9 Å². The molecule has 0 spiro atoms. The van der Waals surface area contributed by atoms with Crippen molar-refractivity contribution in [2.24, 2.45) is 0 Å². The quantitative estimate of drug-likeness (QED) is 0.791. The second kappa shape index (κ2) is 8.65. The van der Waals surface area contributed by atoms with Gasteiger partial charge in [-0.15, -0.1) is 0 Å². The summed E-state index contributed by atoms with van der Waals surface area (Å²) in [6.45, 7) is 4.14. The van der Waals surface area contributed by atoms with Crippen molar-refractivity contribution in [1.82, 2.24) is 10.0 Å². The van der Waals surface area contributed by atoms with Gasteiger partial charge in [-0.05, 0) is 73.8 Å². The van der Waals surface area contributed by atoms with Crippen molar-refractivity contribution in [3.63, 3.8) is 0 Å². The minimum Gasteiger partial charge on any atom is -0.497 e. The molecule has 2 aliphatic rings. The minimum atomic E-state index is -4.01. The van der Waals surface area contributed by atoms with Crippen molar-refractivity contribution in [1.29, 1.82) is 0 Å². The maximum atomic E-state index is 12.6. The number of hydrogen-bond donors (Lipinski definition) is 2. The highest BCUT2D eigenvalue weighted by Crippen LogP contribution is 2.36. The summed E-state index contributed by atoms with van der Waals surface area (Å²) in [5.41, 5.74) is 3.84. The molecule has 0 unspecified atom stereocenters. The lowest BCUT2D eigenvalue weighted by Gasteiger charge is -2.17. The number of urea groups is 1. The van der Waals surface area contributed by atoms with Gasteiger partial charge in [0.2, 0.25) is 0 Å². The molecule has 2 N–H and O–H groups in total. The molecule has 1 aromatic rings. The van der Waals surface area contributed by atoms with Gasteiger partial charge in [-0.2, -0.15) is 0 Å². The van der Waals surface area contributed by atoms with Crippen LogP contribution in [-0.2, 0) is 10.0 Å². The Labute approximate surface area is 166 Å². The molecule has 150 valence electrons. The number of allylic oxidation sites excluding steroid dienone is 4. The summed E-state index contributed by atoms with van der Waals surface area (Å²) in [6.07, 6.45) is 9.00. The molecule has 2 aliphatic carbocycles. The number of hydrogen-bond acceptors (Lipinski definition) is 4. The Balaban J connectivity index is 1.82. The third-order valence-electron chi connectivity index (χ3n) is 5.06. The summed E-state index contributed by atoms with van der Waals surface area (Å²) >= 11 is 0. The molecule has 28 heavy (non-hydrogen) atoms. The molecule has 0 heterocycles. The Morgan fingerprint density at radius 1 is 1.14 bits per heavy atom. The first-order chi connectivity index (χ1) is 13.4. The second-order valence-corrected chi connectivity index (χ2v) is 8.71. The number of fused-ring (bicyclic) bond motifs is 1. The first kappa shape index (κ1) is 20.2. The molecule has 0 aliphatic heterocycles. The maximum absolute atomic E-state index is 12.6. The third kappa shape index (κ3) is 4.65. The van der Waals surface area contributed by atoms with E-state index in [9.17, 15) is 13.2 Å². The SMILES string of the molecule is C=C1CCCC/C=C2/CCCC2=C1NC(=O)NS(=O)(=O)c1cccc(OC)c1. The van der Waals surface area contributed by atoms with Crippen LogP contribution in [0.25, 0.3) is 0 Å². The highest BCUT2D eigenvalue weighted by Gasteiger charge is 2.24. The van der Waals surface area contributed by atoms with E-state index < -0.39 is 16.1 Å². The lowest BCUT2D eigenvalue weighted by atomic mass is 10.0. The molecule has 2 amide bonds. The van der Waals surface area contributed by atoms with Gasteiger partial charge in [0, 0.05) is 11.8 Å². The molecule has 3 rings (SSSR count). The molecule has 0 bridgehead atoms. The Kier molecular flexibility index (Phi) is 6.24. The van der Waals surface area contributed by atoms with Crippen molar-refractivity contribution in [3.05, 3.63) is 59.3 Å². The zero-order valence-corrected chi connectivity index (χ0v) is 16.9. The molecule has 1 saturated carbocycles. The Morgan fingerprint density at radius 3 is 2.75 bits per heavy atom. The number of benzene rings is 1. The molecule has 1 fully saturated rings. The Bertz CT molecular complexity index is 945. The molecule has 0 saturated heterocycles. The van der Waals surface area contributed by atoms with E-state index in [0.717, 1.165) is 56.1 Å². The van der Waals surface area contributed by atoms with Crippen LogP contribution >= 0.6 is 0 Å². The van der Waals surface area contributed by atoms with Gasteiger partial charge in [0.15, 0.2) is 0 Å². The number of ether oxygens (including phenoxy) is 1. The van der Waals surface area contributed by atoms with E-state index in [-0.39, 0.29) is 4.90 Å². The standard InChI is InChI=1S/C21H26N2O4S/c1-15-8-4-3-5-9-16-10-6-13-19(16)20(15)22-21(24)23-28(25,26)18-12-7-11-17(14-18)27-2/h7,9,11-12,14H,1,3-6,8,10,13H2,2H3,(H2,22,23,24)/b16-9-,20-19?. The fraction of sp³-hybridized carbons (Fsp3) is 0.381. The molecule has 0 aromatic heterocycles. The summed E-state index contributed by atoms with van der Waals surface area (Å²) in [4.78, 5) is 12.5. The monoisotopic (exact) mass is 402 g/mol. The summed E-state index contributed by atoms with van der Waals surface area (Å²) in [5, 5.41) is 2.77. The average molecular weight is 403 g/mol. The third-order valence-corrected chi connectivity index (χ3v) is 6.39. The van der Waals surface area contributed by atoms with Crippen LogP contribution < -0.4 is 14.8 Å². The number of rotatable bonds is 4. The predicted octanol–water partition coefficient (Wildman–Crippen LogP) is 4.18. The van der Waals surface area contributed by atoms with Crippen LogP contribution in [0.1, 0.15) is 44.9 Å². The number of carbonyl (C=O) groups excluding carboxylic acids is 1. The van der Waals surface area contributed by atoms with Gasteiger partial charge in [-0.25, -0.2) is 17.9 Å². The molecule has 0 atom stereocenters. The van der Waals surface area contributed by atoms with Gasteiger partial charge in [0.05, 0.1) is 12.0 Å². The minimum absolute atomic E-state index is 0.0330. The smallest absolute Gasteiger partial charge is 0.333 e. The highest BCUT2D eigenvalue weighted by atomic mass is 32.2. The van der Waals surface area contributed by atoms with E-state index in [1.807, 2.05) is 0 Å². The molecular formula is C21H26N2O4S. The molecule has 0 radical (unpaired) electrons. The fourth-order valence-corrected chi connectivity index (χ4v) is 4.57. The normalized spacial score (nSPS) is 19.6. The van der Waals surface area contributed by atoms with Gasteiger partial charge in [0.1, 0.15) is 5.75 Å². The van der Waals surface area contributed by atoms with Crippen LogP contribution in [0.2, 0.25) is 0 Å². The Morgan fingerprint density at radius 2 is 1.96 bits per heavy atom. The van der Waals surface area contributed by atoms with E-state index in [2.05, 4.69) is 22.7 Å². The number of methoxy groups -OCH3 is 1. The van der Waals surface area contributed by atoms with E-state index in [1.54, 1.807) is 12.1 Å². The molecule has 7 heteroatoms. The fourth-order valence-electron chi connectivity index (χ4n) is 3.63. The lowest BCUT2D eigenvalue weighted by molar-refractivity contribution is 0.248. The van der Waals surface area contributed by atoms with Crippen LogP contribution in [0.5, 0.6) is 5.75 Å². The van der Waals surface area contributed by atoms with Gasteiger partial charge >= 0.3 is 6.03 Å². The van der Waals surface area contributed by atoms with Gasteiger partial charge in [0.25, 0.3) is 10.0 Å².